The first-order chi connectivity index (χ1) is 12.2. The quantitative estimate of drug-likeness (QED) is 0.629. The number of esters is 1. The van der Waals surface area contributed by atoms with E-state index in [4.69, 9.17) is 4.74 Å². The second-order valence-electron chi connectivity index (χ2n) is 6.47. The molecule has 1 heterocycles. The van der Waals surface area contributed by atoms with Gasteiger partial charge in [0.05, 0.1) is 12.2 Å². The first-order valence-corrected chi connectivity index (χ1v) is 8.77. The van der Waals surface area contributed by atoms with Gasteiger partial charge in [-0.1, -0.05) is 47.9 Å². The molecule has 1 fully saturated rings. The predicted octanol–water partition coefficient (Wildman–Crippen LogP) is 3.77. The van der Waals surface area contributed by atoms with E-state index < -0.39 is 11.6 Å². The molecule has 0 unspecified atom stereocenters. The molecule has 5 nitrogen and oxygen atoms in total. The summed E-state index contributed by atoms with van der Waals surface area (Å²) < 4.78 is 7.50. The second kappa shape index (κ2) is 7.52. The monoisotopic (exact) mass is 337 g/mol. The molecule has 1 aliphatic carbocycles. The van der Waals surface area contributed by atoms with Crippen molar-refractivity contribution in [2.24, 2.45) is 0 Å². The molecule has 1 saturated carbocycles. The minimum Gasteiger partial charge on any atom is -0.441 e. The SMILES string of the molecule is CC#CC1(OC(=O)c2cnnn2[C@H](C)c2ccccc2)CCCCC1. The van der Waals surface area contributed by atoms with Crippen LogP contribution in [0.15, 0.2) is 36.5 Å². The summed E-state index contributed by atoms with van der Waals surface area (Å²) >= 11 is 0. The van der Waals surface area contributed by atoms with E-state index in [9.17, 15) is 4.79 Å². The van der Waals surface area contributed by atoms with E-state index in [1.54, 1.807) is 11.6 Å². The maximum absolute atomic E-state index is 12.8. The van der Waals surface area contributed by atoms with Crippen LogP contribution in [0, 0.1) is 11.8 Å². The number of hydrogen-bond donors (Lipinski definition) is 0. The molecule has 130 valence electrons. The van der Waals surface area contributed by atoms with Crippen LogP contribution in [0.25, 0.3) is 0 Å². The molecule has 2 aromatic rings. The highest BCUT2D eigenvalue weighted by Gasteiger charge is 2.35. The summed E-state index contributed by atoms with van der Waals surface area (Å²) in [6.45, 7) is 3.77. The van der Waals surface area contributed by atoms with Crippen molar-refractivity contribution in [2.75, 3.05) is 0 Å². The van der Waals surface area contributed by atoms with Gasteiger partial charge in [-0.25, -0.2) is 9.48 Å². The fraction of sp³-hybridized carbons (Fsp3) is 0.450. The topological polar surface area (TPSA) is 57.0 Å². The number of rotatable bonds is 4. The fourth-order valence-electron chi connectivity index (χ4n) is 3.38. The van der Waals surface area contributed by atoms with Crippen LogP contribution in [-0.2, 0) is 4.74 Å². The molecule has 0 spiro atoms. The number of aromatic nitrogens is 3. The third kappa shape index (κ3) is 3.74. The lowest BCUT2D eigenvalue weighted by atomic mass is 9.85. The third-order valence-corrected chi connectivity index (χ3v) is 4.73. The Bertz CT molecular complexity index is 780. The zero-order chi connectivity index (χ0) is 17.7. The second-order valence-corrected chi connectivity index (χ2v) is 6.47. The average molecular weight is 337 g/mol. The lowest BCUT2D eigenvalue weighted by Gasteiger charge is -2.32. The van der Waals surface area contributed by atoms with Gasteiger partial charge in [0.15, 0.2) is 11.3 Å². The highest BCUT2D eigenvalue weighted by atomic mass is 16.6. The molecule has 1 aliphatic rings. The lowest BCUT2D eigenvalue weighted by Crippen LogP contribution is -2.36. The molecular weight excluding hydrogens is 314 g/mol. The molecule has 0 amide bonds. The smallest absolute Gasteiger partial charge is 0.359 e. The summed E-state index contributed by atoms with van der Waals surface area (Å²) in [4.78, 5) is 12.8. The Hall–Kier alpha value is -2.61. The Morgan fingerprint density at radius 1 is 1.24 bits per heavy atom. The largest absolute Gasteiger partial charge is 0.441 e. The van der Waals surface area contributed by atoms with Gasteiger partial charge < -0.3 is 4.74 Å². The molecule has 0 saturated heterocycles. The number of nitrogens with zero attached hydrogens (tertiary/aromatic N) is 3. The van der Waals surface area contributed by atoms with E-state index in [0.29, 0.717) is 5.69 Å². The molecule has 0 bridgehead atoms. The van der Waals surface area contributed by atoms with Crippen molar-refractivity contribution >= 4 is 5.97 Å². The Morgan fingerprint density at radius 3 is 2.64 bits per heavy atom. The molecule has 1 aromatic heterocycles. The van der Waals surface area contributed by atoms with E-state index in [1.165, 1.54) is 6.20 Å². The molecule has 0 aliphatic heterocycles. The average Bonchev–Trinajstić information content (AvgIpc) is 3.12. The molecule has 0 radical (unpaired) electrons. The van der Waals surface area contributed by atoms with Gasteiger partial charge in [0.1, 0.15) is 0 Å². The van der Waals surface area contributed by atoms with E-state index >= 15 is 0 Å². The van der Waals surface area contributed by atoms with Gasteiger partial charge in [-0.2, -0.15) is 0 Å². The highest BCUT2D eigenvalue weighted by molar-refractivity contribution is 5.87. The predicted molar refractivity (Wildman–Crippen MR) is 95.0 cm³/mol. The van der Waals surface area contributed by atoms with E-state index in [1.807, 2.05) is 37.3 Å². The van der Waals surface area contributed by atoms with Gasteiger partial charge >= 0.3 is 5.97 Å². The van der Waals surface area contributed by atoms with Crippen molar-refractivity contribution < 1.29 is 9.53 Å². The van der Waals surface area contributed by atoms with Crippen molar-refractivity contribution in [3.63, 3.8) is 0 Å². The summed E-state index contributed by atoms with van der Waals surface area (Å²) in [6.07, 6.45) is 6.26. The lowest BCUT2D eigenvalue weighted by molar-refractivity contribution is -0.00802. The van der Waals surface area contributed by atoms with Crippen molar-refractivity contribution in [2.45, 2.75) is 57.6 Å². The van der Waals surface area contributed by atoms with Crippen molar-refractivity contribution in [1.82, 2.24) is 15.0 Å². The summed E-state index contributed by atoms with van der Waals surface area (Å²) in [6, 6.07) is 9.80. The van der Waals surface area contributed by atoms with Crippen molar-refractivity contribution in [3.8, 4) is 11.8 Å². The molecule has 1 atom stereocenters. The van der Waals surface area contributed by atoms with Gasteiger partial charge in [-0.3, -0.25) is 0 Å². The molecular formula is C20H23N3O2. The van der Waals surface area contributed by atoms with E-state index in [0.717, 1.165) is 37.7 Å². The highest BCUT2D eigenvalue weighted by Crippen LogP contribution is 2.32. The van der Waals surface area contributed by atoms with Crippen molar-refractivity contribution in [1.29, 1.82) is 0 Å². The van der Waals surface area contributed by atoms with Crippen LogP contribution in [0.5, 0.6) is 0 Å². The molecule has 1 aromatic carbocycles. The van der Waals surface area contributed by atoms with Crippen LogP contribution in [0.2, 0.25) is 0 Å². The zero-order valence-corrected chi connectivity index (χ0v) is 14.7. The Kier molecular flexibility index (Phi) is 5.18. The number of carbonyl (C=O) groups is 1. The molecule has 0 N–H and O–H groups in total. The molecule has 5 heteroatoms. The van der Waals surface area contributed by atoms with Crippen LogP contribution in [-0.4, -0.2) is 26.6 Å². The maximum Gasteiger partial charge on any atom is 0.359 e. The van der Waals surface area contributed by atoms with Gasteiger partial charge in [0.25, 0.3) is 0 Å². The summed E-state index contributed by atoms with van der Waals surface area (Å²) in [7, 11) is 0. The first kappa shape index (κ1) is 17.2. The van der Waals surface area contributed by atoms with Gasteiger partial charge in [0.2, 0.25) is 0 Å². The summed E-state index contributed by atoms with van der Waals surface area (Å²) in [5, 5.41) is 8.03. The molecule has 25 heavy (non-hydrogen) atoms. The van der Waals surface area contributed by atoms with Gasteiger partial charge in [-0.05, 0) is 45.1 Å². The van der Waals surface area contributed by atoms with Crippen LogP contribution in [0.1, 0.15) is 68.0 Å². The number of carbonyl (C=O) groups excluding carboxylic acids is 1. The van der Waals surface area contributed by atoms with Crippen LogP contribution in [0.3, 0.4) is 0 Å². The number of ether oxygens (including phenoxy) is 1. The summed E-state index contributed by atoms with van der Waals surface area (Å²) in [5.41, 5.74) is 0.747. The van der Waals surface area contributed by atoms with E-state index in [-0.39, 0.29) is 6.04 Å². The van der Waals surface area contributed by atoms with Gasteiger partial charge in [-0.15, -0.1) is 11.0 Å². The minimum absolute atomic E-state index is 0.106. The normalized spacial score (nSPS) is 17.2. The Labute approximate surface area is 148 Å². The van der Waals surface area contributed by atoms with Gasteiger partial charge in [0, 0.05) is 0 Å². The third-order valence-electron chi connectivity index (χ3n) is 4.73. The van der Waals surface area contributed by atoms with Crippen LogP contribution in [0.4, 0.5) is 0 Å². The number of benzene rings is 1. The minimum atomic E-state index is -0.671. The number of hydrogen-bond acceptors (Lipinski definition) is 4. The fourth-order valence-corrected chi connectivity index (χ4v) is 3.38. The standard InChI is InChI=1S/C20H23N3O2/c1-3-12-20(13-8-5-9-14-20)25-19(24)18-15-21-22-23(18)16(2)17-10-6-4-7-11-17/h4,6-7,10-11,15-16H,5,8-9,13-14H2,1-2H3/t16-/m1/s1. The molecule has 3 rings (SSSR count). The van der Waals surface area contributed by atoms with Crippen molar-refractivity contribution in [3.05, 3.63) is 47.8 Å². The van der Waals surface area contributed by atoms with Crippen LogP contribution >= 0.6 is 0 Å². The van der Waals surface area contributed by atoms with E-state index in [2.05, 4.69) is 22.2 Å². The summed E-state index contributed by atoms with van der Waals surface area (Å²) in [5.74, 6) is 5.65. The zero-order valence-electron chi connectivity index (χ0n) is 14.7. The van der Waals surface area contributed by atoms with Crippen LogP contribution < -0.4 is 0 Å². The first-order valence-electron chi connectivity index (χ1n) is 8.77. The maximum atomic E-state index is 12.8. The Balaban J connectivity index is 1.83. The Morgan fingerprint density at radius 2 is 1.96 bits per heavy atom.